The molecule has 5 unspecified atom stereocenters. The van der Waals surface area contributed by atoms with Gasteiger partial charge in [-0.15, -0.1) is 0 Å². The molecule has 1 amide bonds. The first-order chi connectivity index (χ1) is 21.4. The summed E-state index contributed by atoms with van der Waals surface area (Å²) in [6.07, 6.45) is 11.8. The molecule has 234 valence electrons. The lowest BCUT2D eigenvalue weighted by Gasteiger charge is -2.33. The molecule has 5 heterocycles. The third-order valence-electron chi connectivity index (χ3n) is 9.91. The van der Waals surface area contributed by atoms with Crippen molar-refractivity contribution in [2.24, 2.45) is 11.8 Å². The number of rotatable bonds is 8. The Morgan fingerprint density at radius 2 is 2.09 bits per heavy atom. The van der Waals surface area contributed by atoms with Gasteiger partial charge in [0.1, 0.15) is 12.3 Å². The number of piperidine rings is 1. The van der Waals surface area contributed by atoms with Crippen molar-refractivity contribution in [1.29, 1.82) is 0 Å². The van der Waals surface area contributed by atoms with Crippen LogP contribution in [0.2, 0.25) is 0 Å². The fourth-order valence-corrected chi connectivity index (χ4v) is 8.27. The minimum absolute atomic E-state index is 0.131. The molecule has 0 spiro atoms. The smallest absolute Gasteiger partial charge is 0.251 e. The van der Waals surface area contributed by atoms with Crippen LogP contribution in [0.1, 0.15) is 49.4 Å². The molecule has 2 N–H and O–H groups in total. The van der Waals surface area contributed by atoms with Crippen molar-refractivity contribution in [3.63, 3.8) is 0 Å². The molecule has 1 aromatic heterocycles. The van der Waals surface area contributed by atoms with Crippen molar-refractivity contribution in [2.75, 3.05) is 19.6 Å². The highest BCUT2D eigenvalue weighted by molar-refractivity contribution is 8.02. The molecule has 7 rings (SSSR count). The summed E-state index contributed by atoms with van der Waals surface area (Å²) < 4.78 is 49.7. The predicted octanol–water partition coefficient (Wildman–Crippen LogP) is 5.48. The molecule has 0 bridgehead atoms. The summed E-state index contributed by atoms with van der Waals surface area (Å²) >= 11 is 1.50. The maximum atomic E-state index is 15.9. The number of alkyl halides is 3. The average molecular weight is 626 g/mol. The Bertz CT molecular complexity index is 1460. The van der Waals surface area contributed by atoms with Gasteiger partial charge in [-0.2, -0.15) is 0 Å². The van der Waals surface area contributed by atoms with Crippen molar-refractivity contribution in [2.45, 2.75) is 75.2 Å². The highest BCUT2D eigenvalue weighted by Crippen LogP contribution is 2.50. The monoisotopic (exact) mass is 625 g/mol. The molecule has 11 heteroatoms. The Hall–Kier alpha value is -3.18. The van der Waals surface area contributed by atoms with E-state index in [4.69, 9.17) is 9.72 Å². The van der Waals surface area contributed by atoms with E-state index in [2.05, 4.69) is 27.9 Å². The van der Waals surface area contributed by atoms with Crippen LogP contribution in [-0.4, -0.2) is 64.2 Å². The number of hydrogen-bond acceptors (Lipinski definition) is 6. The number of thioether (sulfide) groups is 1. The third kappa shape index (κ3) is 5.69. The summed E-state index contributed by atoms with van der Waals surface area (Å²) in [5, 5.41) is 8.16. The van der Waals surface area contributed by atoms with Crippen molar-refractivity contribution in [3.05, 3.63) is 88.3 Å². The number of imidazole rings is 1. The molecule has 0 radical (unpaired) electrons. The number of likely N-dealkylation sites (tertiary alicyclic amines) is 1. The van der Waals surface area contributed by atoms with E-state index in [1.165, 1.54) is 11.8 Å². The van der Waals surface area contributed by atoms with Crippen LogP contribution in [0, 0.1) is 11.8 Å². The van der Waals surface area contributed by atoms with Gasteiger partial charge in [0.05, 0.1) is 30.7 Å². The molecule has 44 heavy (non-hydrogen) atoms. The Kier molecular flexibility index (Phi) is 8.26. The van der Waals surface area contributed by atoms with Gasteiger partial charge in [0.2, 0.25) is 5.91 Å². The van der Waals surface area contributed by atoms with E-state index >= 15 is 4.39 Å². The number of fused-ring (bicyclic) bond motifs is 1. The number of nitrogens with zero attached hydrogens (tertiary/aromatic N) is 3. The Labute approximate surface area is 260 Å². The Morgan fingerprint density at radius 3 is 2.82 bits per heavy atom. The molecule has 1 fully saturated rings. The molecule has 5 atom stereocenters. The van der Waals surface area contributed by atoms with E-state index in [1.807, 2.05) is 35.0 Å². The second-order valence-electron chi connectivity index (χ2n) is 12.5. The Morgan fingerprint density at radius 1 is 1.25 bits per heavy atom. The van der Waals surface area contributed by atoms with E-state index in [1.54, 1.807) is 6.26 Å². The van der Waals surface area contributed by atoms with E-state index in [9.17, 15) is 13.6 Å². The lowest BCUT2D eigenvalue weighted by molar-refractivity contribution is -0.123. The molecule has 0 aromatic carbocycles. The fourth-order valence-electron chi connectivity index (χ4n) is 7.61. The zero-order chi connectivity index (χ0) is 30.4. The maximum Gasteiger partial charge on any atom is 0.251 e. The van der Waals surface area contributed by atoms with Gasteiger partial charge in [-0.3, -0.25) is 9.69 Å². The lowest BCUT2D eigenvalue weighted by Crippen LogP contribution is -2.43. The first-order valence-electron chi connectivity index (χ1n) is 15.6. The van der Waals surface area contributed by atoms with Gasteiger partial charge < -0.3 is 19.9 Å². The number of nitrogens with one attached hydrogen (secondary N) is 2. The number of amides is 1. The van der Waals surface area contributed by atoms with Gasteiger partial charge in [-0.25, -0.2) is 18.2 Å². The second-order valence-corrected chi connectivity index (χ2v) is 13.5. The molecular weight excluding hydrogens is 587 g/mol. The Balaban J connectivity index is 1.06. The van der Waals surface area contributed by atoms with E-state index in [-0.39, 0.29) is 42.3 Å². The van der Waals surface area contributed by atoms with Crippen LogP contribution in [-0.2, 0) is 22.5 Å². The SMILES string of the molecule is C=C1C2=C(CC1C(C(=O)NC1NC=CS1)c1ncn3c1CCC3)C(F)CC(C1C=CC(C3CCN(CC(F)F)CC3)=CO1)=C2. The molecule has 7 nitrogen and oxygen atoms in total. The van der Waals surface area contributed by atoms with Crippen molar-refractivity contribution in [3.8, 4) is 0 Å². The number of aromatic nitrogens is 2. The number of ether oxygens (including phenoxy) is 1. The maximum absolute atomic E-state index is 15.9. The summed E-state index contributed by atoms with van der Waals surface area (Å²) in [5.41, 5.74) is 5.79. The van der Waals surface area contributed by atoms with Crippen molar-refractivity contribution < 1.29 is 22.7 Å². The summed E-state index contributed by atoms with van der Waals surface area (Å²) in [5.74, 6) is -0.730. The normalized spacial score (nSPS) is 29.3. The largest absolute Gasteiger partial charge is 0.489 e. The minimum atomic E-state index is -2.31. The number of allylic oxidation sites excluding steroid dienone is 6. The number of halogens is 3. The highest BCUT2D eigenvalue weighted by Gasteiger charge is 2.44. The molecule has 4 aliphatic heterocycles. The van der Waals surface area contributed by atoms with Crippen LogP contribution < -0.4 is 10.6 Å². The molecule has 1 saturated heterocycles. The minimum Gasteiger partial charge on any atom is -0.489 e. The molecular formula is C33H38F3N5O2S. The van der Waals surface area contributed by atoms with E-state index < -0.39 is 18.5 Å². The molecule has 0 saturated carbocycles. The topological polar surface area (TPSA) is 71.4 Å². The van der Waals surface area contributed by atoms with Gasteiger partial charge in [0.25, 0.3) is 6.43 Å². The van der Waals surface area contributed by atoms with Crippen LogP contribution in [0.5, 0.6) is 0 Å². The van der Waals surface area contributed by atoms with Gasteiger partial charge in [0, 0.05) is 30.8 Å². The van der Waals surface area contributed by atoms with E-state index in [0.717, 1.165) is 65.9 Å². The van der Waals surface area contributed by atoms with Crippen LogP contribution in [0.15, 0.2) is 76.9 Å². The van der Waals surface area contributed by atoms with Gasteiger partial charge >= 0.3 is 0 Å². The number of hydrogen-bond donors (Lipinski definition) is 2. The third-order valence-corrected chi connectivity index (χ3v) is 10.7. The van der Waals surface area contributed by atoms with Crippen LogP contribution in [0.25, 0.3) is 0 Å². The summed E-state index contributed by atoms with van der Waals surface area (Å²) in [7, 11) is 0. The van der Waals surface area contributed by atoms with Crippen LogP contribution in [0.4, 0.5) is 13.2 Å². The lowest BCUT2D eigenvalue weighted by atomic mass is 9.82. The molecule has 6 aliphatic rings. The number of carbonyl (C=O) groups is 1. The average Bonchev–Trinajstić information content (AvgIpc) is 3.82. The predicted molar refractivity (Wildman–Crippen MR) is 164 cm³/mol. The summed E-state index contributed by atoms with van der Waals surface area (Å²) in [6.45, 7) is 6.44. The number of aryl methyl sites for hydroxylation is 1. The standard InChI is InChI=1S/C33H38F3N5O2S/c1-19-23-13-22(28-5-4-21(17-43-28)20-6-10-40(11-7-20)16-29(35)36)14-26(34)25(23)15-24(19)30(32(42)39-33-37-8-12-44-33)31-27-3-2-9-41(27)18-38-31/h4-5,8,12-13,17-18,20,24,26,28-30,33,37H,1-3,6-7,9-11,14-16H2,(H,39,42). The van der Waals surface area contributed by atoms with Gasteiger partial charge in [0.15, 0.2) is 5.50 Å². The zero-order valence-corrected chi connectivity index (χ0v) is 25.4. The van der Waals surface area contributed by atoms with Gasteiger partial charge in [-0.05, 0) is 90.5 Å². The zero-order valence-electron chi connectivity index (χ0n) is 24.6. The molecule has 2 aliphatic carbocycles. The van der Waals surface area contributed by atoms with E-state index in [0.29, 0.717) is 25.1 Å². The first kappa shape index (κ1) is 29.5. The van der Waals surface area contributed by atoms with Crippen molar-refractivity contribution >= 4 is 17.7 Å². The second kappa shape index (κ2) is 12.3. The molecule has 1 aromatic rings. The van der Waals surface area contributed by atoms with Gasteiger partial charge in [-0.1, -0.05) is 30.5 Å². The number of carbonyl (C=O) groups excluding carboxylic acids is 1. The van der Waals surface area contributed by atoms with Crippen molar-refractivity contribution in [1.82, 2.24) is 25.1 Å². The van der Waals surface area contributed by atoms with Crippen LogP contribution in [0.3, 0.4) is 0 Å². The quantitative estimate of drug-likeness (QED) is 0.399. The highest BCUT2D eigenvalue weighted by atomic mass is 32.2. The first-order valence-corrected chi connectivity index (χ1v) is 16.5. The summed E-state index contributed by atoms with van der Waals surface area (Å²) in [4.78, 5) is 20.4. The summed E-state index contributed by atoms with van der Waals surface area (Å²) in [6, 6.07) is 0. The van der Waals surface area contributed by atoms with Crippen LogP contribution >= 0.6 is 11.8 Å². The fraction of sp³-hybridized carbons (Fsp3) is 0.515.